The van der Waals surface area contributed by atoms with Gasteiger partial charge in [-0.25, -0.2) is 0 Å². The van der Waals surface area contributed by atoms with Crippen LogP contribution in [-0.2, 0) is 9.59 Å². The number of hydrogen-bond acceptors (Lipinski definition) is 4. The molecule has 1 heterocycles. The minimum atomic E-state index is -0.354. The Morgan fingerprint density at radius 3 is 3.00 bits per heavy atom. The second-order valence-electron chi connectivity index (χ2n) is 4.61. The molecular weight excluding hydrogens is 244 g/mol. The molecule has 6 heteroatoms. The van der Waals surface area contributed by atoms with Crippen molar-refractivity contribution in [1.82, 2.24) is 10.2 Å². The number of carbonyl (C=O) groups excluding carboxylic acids is 2. The summed E-state index contributed by atoms with van der Waals surface area (Å²) in [5.41, 5.74) is 6.92. The number of anilines is 2. The first-order valence-corrected chi connectivity index (χ1v) is 6.23. The summed E-state index contributed by atoms with van der Waals surface area (Å²) in [4.78, 5) is 25.3. The second-order valence-corrected chi connectivity index (χ2v) is 4.61. The monoisotopic (exact) mass is 262 g/mol. The maximum atomic E-state index is 12.1. The van der Waals surface area contributed by atoms with Crippen molar-refractivity contribution in [2.75, 3.05) is 30.7 Å². The molecule has 19 heavy (non-hydrogen) atoms. The highest BCUT2D eigenvalue weighted by molar-refractivity contribution is 5.95. The van der Waals surface area contributed by atoms with Crippen LogP contribution in [0.3, 0.4) is 0 Å². The number of nitrogens with two attached hydrogens (primary N) is 1. The number of hydrogen-bond donors (Lipinski definition) is 3. The molecule has 1 aromatic carbocycles. The van der Waals surface area contributed by atoms with Crippen LogP contribution in [-0.4, -0.2) is 42.4 Å². The van der Waals surface area contributed by atoms with Gasteiger partial charge in [-0.1, -0.05) is 6.07 Å². The van der Waals surface area contributed by atoms with E-state index in [-0.39, 0.29) is 24.4 Å². The maximum Gasteiger partial charge on any atom is 0.241 e. The van der Waals surface area contributed by atoms with Crippen LogP contribution in [0.5, 0.6) is 0 Å². The number of nitrogen functional groups attached to an aromatic ring is 1. The van der Waals surface area contributed by atoms with Gasteiger partial charge in [-0.2, -0.15) is 0 Å². The van der Waals surface area contributed by atoms with Gasteiger partial charge in [0.2, 0.25) is 11.8 Å². The molecule has 1 atom stereocenters. The number of carbonyl (C=O) groups is 2. The summed E-state index contributed by atoms with van der Waals surface area (Å²) in [6.45, 7) is 3.30. The molecule has 102 valence electrons. The molecule has 1 aliphatic heterocycles. The van der Waals surface area contributed by atoms with E-state index >= 15 is 0 Å². The molecule has 0 aliphatic carbocycles. The van der Waals surface area contributed by atoms with Gasteiger partial charge in [-0.3, -0.25) is 14.5 Å². The molecule has 6 nitrogen and oxygen atoms in total. The fraction of sp³-hybridized carbons (Fsp3) is 0.385. The molecule has 1 unspecified atom stereocenters. The first kappa shape index (κ1) is 13.4. The van der Waals surface area contributed by atoms with E-state index in [0.29, 0.717) is 24.5 Å². The summed E-state index contributed by atoms with van der Waals surface area (Å²) in [5.74, 6) is -0.185. The minimum Gasteiger partial charge on any atom is -0.399 e. The summed E-state index contributed by atoms with van der Waals surface area (Å²) < 4.78 is 0. The van der Waals surface area contributed by atoms with Crippen molar-refractivity contribution in [2.45, 2.75) is 13.0 Å². The highest BCUT2D eigenvalue weighted by Crippen LogP contribution is 2.13. The van der Waals surface area contributed by atoms with Crippen molar-refractivity contribution in [3.63, 3.8) is 0 Å². The molecule has 1 saturated heterocycles. The van der Waals surface area contributed by atoms with Crippen molar-refractivity contribution in [3.8, 4) is 0 Å². The lowest BCUT2D eigenvalue weighted by molar-refractivity contribution is -0.127. The van der Waals surface area contributed by atoms with Crippen LogP contribution in [0, 0.1) is 0 Å². The summed E-state index contributed by atoms with van der Waals surface area (Å²) in [7, 11) is 0. The number of nitrogens with one attached hydrogen (secondary N) is 2. The molecule has 4 N–H and O–H groups in total. The zero-order valence-corrected chi connectivity index (χ0v) is 10.8. The Labute approximate surface area is 112 Å². The van der Waals surface area contributed by atoms with Gasteiger partial charge in [0.05, 0.1) is 12.6 Å². The molecule has 0 radical (unpaired) electrons. The van der Waals surface area contributed by atoms with Crippen molar-refractivity contribution >= 4 is 23.2 Å². The summed E-state index contributed by atoms with van der Waals surface area (Å²) in [6.07, 6.45) is 0. The van der Waals surface area contributed by atoms with E-state index < -0.39 is 0 Å². The van der Waals surface area contributed by atoms with Crippen LogP contribution in [0.4, 0.5) is 11.4 Å². The molecule has 0 aromatic heterocycles. The average Bonchev–Trinajstić information content (AvgIpc) is 2.38. The van der Waals surface area contributed by atoms with Gasteiger partial charge in [0.15, 0.2) is 0 Å². The van der Waals surface area contributed by atoms with E-state index in [1.807, 2.05) is 4.90 Å². The molecule has 1 fully saturated rings. The molecule has 0 saturated carbocycles. The zero-order valence-electron chi connectivity index (χ0n) is 10.8. The topological polar surface area (TPSA) is 87.5 Å². The molecule has 0 spiro atoms. The lowest BCUT2D eigenvalue weighted by Crippen LogP contribution is -2.53. The Balaban J connectivity index is 1.97. The number of amides is 2. The van der Waals surface area contributed by atoms with Crippen molar-refractivity contribution in [2.24, 2.45) is 0 Å². The summed E-state index contributed by atoms with van der Waals surface area (Å²) >= 11 is 0. The van der Waals surface area contributed by atoms with E-state index in [1.165, 1.54) is 0 Å². The van der Waals surface area contributed by atoms with E-state index in [4.69, 9.17) is 5.73 Å². The van der Waals surface area contributed by atoms with Crippen molar-refractivity contribution in [3.05, 3.63) is 24.3 Å². The lowest BCUT2D eigenvalue weighted by atomic mass is 10.2. The largest absolute Gasteiger partial charge is 0.399 e. The summed E-state index contributed by atoms with van der Waals surface area (Å²) in [5, 5.41) is 5.54. The minimum absolute atomic E-state index is 0.0464. The molecule has 1 aliphatic rings. The van der Waals surface area contributed by atoms with Gasteiger partial charge in [0.1, 0.15) is 0 Å². The third-order valence-electron chi connectivity index (χ3n) is 3.15. The van der Waals surface area contributed by atoms with Crippen LogP contribution in [0.1, 0.15) is 6.92 Å². The third kappa shape index (κ3) is 3.45. The van der Waals surface area contributed by atoms with Crippen LogP contribution < -0.4 is 16.4 Å². The van der Waals surface area contributed by atoms with Crippen LogP contribution in [0.2, 0.25) is 0 Å². The fourth-order valence-corrected chi connectivity index (χ4v) is 2.02. The Bertz CT molecular complexity index is 489. The number of benzene rings is 1. The van der Waals surface area contributed by atoms with Gasteiger partial charge in [0.25, 0.3) is 0 Å². The first-order valence-electron chi connectivity index (χ1n) is 6.23. The summed E-state index contributed by atoms with van der Waals surface area (Å²) in [6, 6.07) is 6.67. The van der Waals surface area contributed by atoms with E-state index in [0.717, 1.165) is 0 Å². The predicted molar refractivity (Wildman–Crippen MR) is 73.5 cm³/mol. The van der Waals surface area contributed by atoms with Crippen LogP contribution in [0.15, 0.2) is 24.3 Å². The normalized spacial score (nSPS) is 17.6. The molecule has 0 bridgehead atoms. The average molecular weight is 262 g/mol. The van der Waals surface area contributed by atoms with E-state index in [9.17, 15) is 9.59 Å². The van der Waals surface area contributed by atoms with Gasteiger partial charge in [-0.15, -0.1) is 0 Å². The van der Waals surface area contributed by atoms with Crippen LogP contribution >= 0.6 is 0 Å². The quantitative estimate of drug-likeness (QED) is 0.671. The maximum absolute atomic E-state index is 12.1. The Morgan fingerprint density at radius 2 is 2.32 bits per heavy atom. The highest BCUT2D eigenvalue weighted by Gasteiger charge is 2.25. The standard InChI is InChI=1S/C13H18N4O2/c1-9(17-6-5-15-12(18)8-17)13(19)16-11-4-2-3-10(14)7-11/h2-4,7,9H,5-6,8,14H2,1H3,(H,15,18)(H,16,19). The van der Waals surface area contributed by atoms with Gasteiger partial charge < -0.3 is 16.4 Å². The van der Waals surface area contributed by atoms with Gasteiger partial charge >= 0.3 is 0 Å². The molecule has 2 amide bonds. The number of piperazine rings is 1. The van der Waals surface area contributed by atoms with Crippen molar-refractivity contribution in [1.29, 1.82) is 0 Å². The Morgan fingerprint density at radius 1 is 1.53 bits per heavy atom. The van der Waals surface area contributed by atoms with Gasteiger partial charge in [0, 0.05) is 24.5 Å². The zero-order chi connectivity index (χ0) is 13.8. The highest BCUT2D eigenvalue weighted by atomic mass is 16.2. The van der Waals surface area contributed by atoms with Gasteiger partial charge in [-0.05, 0) is 25.1 Å². The molecule has 2 rings (SSSR count). The number of rotatable bonds is 3. The number of nitrogens with zero attached hydrogens (tertiary/aromatic N) is 1. The SMILES string of the molecule is CC(C(=O)Nc1cccc(N)c1)N1CCNC(=O)C1. The lowest BCUT2D eigenvalue weighted by Gasteiger charge is -2.31. The Hall–Kier alpha value is -2.08. The smallest absolute Gasteiger partial charge is 0.241 e. The van der Waals surface area contributed by atoms with E-state index in [2.05, 4.69) is 10.6 Å². The fourth-order valence-electron chi connectivity index (χ4n) is 2.02. The Kier molecular flexibility index (Phi) is 4.01. The molecule has 1 aromatic rings. The molecular formula is C13H18N4O2. The first-order chi connectivity index (χ1) is 9.06. The third-order valence-corrected chi connectivity index (χ3v) is 3.15. The second kappa shape index (κ2) is 5.71. The van der Waals surface area contributed by atoms with Crippen LogP contribution in [0.25, 0.3) is 0 Å². The predicted octanol–water partition coefficient (Wildman–Crippen LogP) is 0.0276. The van der Waals surface area contributed by atoms with Crippen molar-refractivity contribution < 1.29 is 9.59 Å². The van der Waals surface area contributed by atoms with E-state index in [1.54, 1.807) is 31.2 Å².